The van der Waals surface area contributed by atoms with E-state index in [1.54, 1.807) is 13.0 Å². The van der Waals surface area contributed by atoms with Gasteiger partial charge in [-0.3, -0.25) is 0 Å². The van der Waals surface area contributed by atoms with Crippen LogP contribution in [0.15, 0.2) is 28.0 Å². The molecule has 1 aromatic carbocycles. The standard InChI is InChI=1S/C13H19ClO4S2/c1-5-11(9(2)14)12-7-6-10(19(3,15)16)8-13(12)20(4,17)18/h6-9,11H,5H2,1-4H3. The van der Waals surface area contributed by atoms with Crippen LogP contribution in [0.25, 0.3) is 0 Å². The Hall–Kier alpha value is -0.590. The van der Waals surface area contributed by atoms with E-state index in [2.05, 4.69) is 0 Å². The van der Waals surface area contributed by atoms with Gasteiger partial charge in [-0.15, -0.1) is 11.6 Å². The average molecular weight is 339 g/mol. The largest absolute Gasteiger partial charge is 0.224 e. The lowest BCUT2D eigenvalue weighted by Crippen LogP contribution is -2.14. The highest BCUT2D eigenvalue weighted by Crippen LogP contribution is 2.33. The van der Waals surface area contributed by atoms with Crippen molar-refractivity contribution in [3.05, 3.63) is 23.8 Å². The summed E-state index contributed by atoms with van der Waals surface area (Å²) in [5.74, 6) is -0.144. The summed E-state index contributed by atoms with van der Waals surface area (Å²) in [6.07, 6.45) is 2.80. The third-order valence-electron chi connectivity index (χ3n) is 3.21. The Bertz CT molecular complexity index is 691. The van der Waals surface area contributed by atoms with Crippen LogP contribution in [0.3, 0.4) is 0 Å². The summed E-state index contributed by atoms with van der Waals surface area (Å²) in [6, 6.07) is 4.21. The average Bonchev–Trinajstić information content (AvgIpc) is 2.26. The van der Waals surface area contributed by atoms with Crippen LogP contribution in [0.4, 0.5) is 0 Å². The first-order chi connectivity index (χ1) is 8.98. The van der Waals surface area contributed by atoms with Gasteiger partial charge < -0.3 is 0 Å². The van der Waals surface area contributed by atoms with Crippen LogP contribution >= 0.6 is 11.6 Å². The van der Waals surface area contributed by atoms with Gasteiger partial charge in [0, 0.05) is 23.8 Å². The Labute approximate surface area is 126 Å². The zero-order valence-corrected chi connectivity index (χ0v) is 14.3. The number of benzene rings is 1. The fourth-order valence-electron chi connectivity index (χ4n) is 2.16. The molecule has 0 aliphatic heterocycles. The van der Waals surface area contributed by atoms with Crippen LogP contribution in [-0.2, 0) is 19.7 Å². The Balaban J connectivity index is 3.63. The van der Waals surface area contributed by atoms with E-state index >= 15 is 0 Å². The predicted octanol–water partition coefficient (Wildman–Crippen LogP) is 2.61. The minimum absolute atomic E-state index is 0.00115. The van der Waals surface area contributed by atoms with Gasteiger partial charge in [0.1, 0.15) is 0 Å². The van der Waals surface area contributed by atoms with Crippen LogP contribution in [0, 0.1) is 0 Å². The molecule has 0 aromatic heterocycles. The van der Waals surface area contributed by atoms with Crippen molar-refractivity contribution >= 4 is 31.3 Å². The van der Waals surface area contributed by atoms with Gasteiger partial charge in [-0.2, -0.15) is 0 Å². The maximum Gasteiger partial charge on any atom is 0.175 e. The van der Waals surface area contributed by atoms with Crippen molar-refractivity contribution < 1.29 is 16.8 Å². The molecule has 0 spiro atoms. The zero-order valence-electron chi connectivity index (χ0n) is 11.9. The molecule has 0 bridgehead atoms. The molecule has 20 heavy (non-hydrogen) atoms. The first-order valence-corrected chi connectivity index (χ1v) is 10.4. The van der Waals surface area contributed by atoms with Crippen molar-refractivity contribution in [3.8, 4) is 0 Å². The molecule has 0 saturated carbocycles. The first-order valence-electron chi connectivity index (χ1n) is 6.16. The molecule has 114 valence electrons. The molecule has 1 aromatic rings. The Morgan fingerprint density at radius 3 is 2.00 bits per heavy atom. The van der Waals surface area contributed by atoms with E-state index < -0.39 is 19.7 Å². The summed E-state index contributed by atoms with van der Waals surface area (Å²) < 4.78 is 47.0. The van der Waals surface area contributed by atoms with Crippen molar-refractivity contribution in [2.45, 2.75) is 41.4 Å². The topological polar surface area (TPSA) is 68.3 Å². The fourth-order valence-corrected chi connectivity index (χ4v) is 4.19. The van der Waals surface area contributed by atoms with E-state index in [0.29, 0.717) is 12.0 Å². The van der Waals surface area contributed by atoms with Crippen LogP contribution < -0.4 is 0 Å². The normalized spacial score (nSPS) is 15.8. The first kappa shape index (κ1) is 17.5. The SMILES string of the molecule is CCC(c1ccc(S(C)(=O)=O)cc1S(C)(=O)=O)C(C)Cl. The lowest BCUT2D eigenvalue weighted by molar-refractivity contribution is 0.591. The summed E-state index contributed by atoms with van der Waals surface area (Å²) in [5.41, 5.74) is 0.574. The molecule has 0 N–H and O–H groups in total. The van der Waals surface area contributed by atoms with E-state index in [-0.39, 0.29) is 21.1 Å². The van der Waals surface area contributed by atoms with Gasteiger partial charge >= 0.3 is 0 Å². The van der Waals surface area contributed by atoms with Crippen molar-refractivity contribution in [1.29, 1.82) is 0 Å². The molecule has 2 unspecified atom stereocenters. The van der Waals surface area contributed by atoms with E-state index in [9.17, 15) is 16.8 Å². The van der Waals surface area contributed by atoms with Crippen LogP contribution in [0.2, 0.25) is 0 Å². The number of sulfone groups is 2. The Kier molecular flexibility index (Phi) is 5.27. The third-order valence-corrected chi connectivity index (χ3v) is 5.77. The number of halogens is 1. The van der Waals surface area contributed by atoms with Gasteiger partial charge in [-0.25, -0.2) is 16.8 Å². The van der Waals surface area contributed by atoms with Crippen molar-refractivity contribution in [3.63, 3.8) is 0 Å². The summed E-state index contributed by atoms with van der Waals surface area (Å²) in [6.45, 7) is 3.71. The van der Waals surface area contributed by atoms with Crippen LogP contribution in [-0.4, -0.2) is 34.7 Å². The lowest BCUT2D eigenvalue weighted by Gasteiger charge is -2.21. The molecular formula is C13H19ClO4S2. The summed E-state index contributed by atoms with van der Waals surface area (Å²) in [5, 5.41) is -0.246. The molecule has 7 heteroatoms. The van der Waals surface area contributed by atoms with E-state index in [0.717, 1.165) is 12.5 Å². The van der Waals surface area contributed by atoms with Gasteiger partial charge in [0.2, 0.25) is 0 Å². The predicted molar refractivity (Wildman–Crippen MR) is 81.0 cm³/mol. The number of rotatable bonds is 5. The second-order valence-corrected chi connectivity index (χ2v) is 9.62. The lowest BCUT2D eigenvalue weighted by atomic mass is 9.93. The molecular weight excluding hydrogens is 320 g/mol. The summed E-state index contributed by atoms with van der Waals surface area (Å²) >= 11 is 6.12. The minimum atomic E-state index is -3.53. The Morgan fingerprint density at radius 1 is 1.10 bits per heavy atom. The van der Waals surface area contributed by atoms with Gasteiger partial charge in [0.25, 0.3) is 0 Å². The van der Waals surface area contributed by atoms with Gasteiger partial charge in [0.05, 0.1) is 9.79 Å². The monoisotopic (exact) mass is 338 g/mol. The second kappa shape index (κ2) is 6.03. The van der Waals surface area contributed by atoms with E-state index in [1.165, 1.54) is 12.1 Å². The fraction of sp³-hybridized carbons (Fsp3) is 0.538. The molecule has 1 rings (SSSR count). The van der Waals surface area contributed by atoms with Crippen molar-refractivity contribution in [1.82, 2.24) is 0 Å². The third kappa shape index (κ3) is 3.96. The maximum atomic E-state index is 11.9. The minimum Gasteiger partial charge on any atom is -0.224 e. The van der Waals surface area contributed by atoms with Gasteiger partial charge in [-0.1, -0.05) is 13.0 Å². The quantitative estimate of drug-likeness (QED) is 0.774. The maximum absolute atomic E-state index is 11.9. The van der Waals surface area contributed by atoms with E-state index in [4.69, 9.17) is 11.6 Å². The smallest absolute Gasteiger partial charge is 0.175 e. The highest BCUT2D eigenvalue weighted by atomic mass is 35.5. The molecule has 2 atom stereocenters. The summed E-state index contributed by atoms with van der Waals surface area (Å²) in [4.78, 5) is 0.0403. The number of alkyl halides is 1. The second-order valence-electron chi connectivity index (χ2n) is 4.94. The van der Waals surface area contributed by atoms with Gasteiger partial charge in [0.15, 0.2) is 19.7 Å². The van der Waals surface area contributed by atoms with Gasteiger partial charge in [-0.05, 0) is 31.0 Å². The number of hydrogen-bond acceptors (Lipinski definition) is 4. The van der Waals surface area contributed by atoms with E-state index in [1.807, 2.05) is 6.92 Å². The van der Waals surface area contributed by atoms with Crippen molar-refractivity contribution in [2.75, 3.05) is 12.5 Å². The number of hydrogen-bond donors (Lipinski definition) is 0. The molecule has 0 heterocycles. The highest BCUT2D eigenvalue weighted by molar-refractivity contribution is 7.91. The zero-order chi connectivity index (χ0) is 15.7. The highest BCUT2D eigenvalue weighted by Gasteiger charge is 2.24. The molecule has 0 saturated heterocycles. The molecule has 4 nitrogen and oxygen atoms in total. The molecule has 0 amide bonds. The molecule has 0 aliphatic rings. The van der Waals surface area contributed by atoms with Crippen LogP contribution in [0.5, 0.6) is 0 Å². The van der Waals surface area contributed by atoms with Crippen molar-refractivity contribution in [2.24, 2.45) is 0 Å². The summed E-state index contributed by atoms with van der Waals surface area (Å²) in [7, 11) is -6.98. The van der Waals surface area contributed by atoms with Crippen LogP contribution in [0.1, 0.15) is 31.7 Å². The molecule has 0 fully saturated rings. The molecule has 0 aliphatic carbocycles. The molecule has 0 radical (unpaired) electrons. The Morgan fingerprint density at radius 2 is 1.65 bits per heavy atom.